The van der Waals surface area contributed by atoms with E-state index in [2.05, 4.69) is 5.32 Å². The summed E-state index contributed by atoms with van der Waals surface area (Å²) >= 11 is 0. The summed E-state index contributed by atoms with van der Waals surface area (Å²) in [6.07, 6.45) is 0.164. The minimum Gasteiger partial charge on any atom is -0.388 e. The number of aliphatic hydroxyl groups excluding tert-OH is 2. The van der Waals surface area contributed by atoms with Crippen LogP contribution in [0.4, 0.5) is 0 Å². The van der Waals surface area contributed by atoms with Crippen molar-refractivity contribution in [1.82, 2.24) is 5.32 Å². The molecule has 0 aromatic rings. The molecule has 4 aliphatic rings. The first-order valence-corrected chi connectivity index (χ1v) is 9.16. The number of carbonyl (C=O) groups excluding carboxylic acids is 2. The summed E-state index contributed by atoms with van der Waals surface area (Å²) in [5.74, 6) is -1.52. The number of fused-ring (bicyclic) bond motifs is 4. The summed E-state index contributed by atoms with van der Waals surface area (Å²) in [6.45, 7) is 0.471. The smallest absolute Gasteiger partial charge is 0.258 e. The molecule has 4 rings (SSSR count). The molecule has 7 atom stereocenters. The Hall–Kier alpha value is -1.06. The number of hydrogen-bond acceptors (Lipinski definition) is 7. The Morgan fingerprint density at radius 3 is 2.56 bits per heavy atom. The lowest BCUT2D eigenvalue weighted by atomic mass is 9.84. The molecule has 25 heavy (non-hydrogen) atoms. The van der Waals surface area contributed by atoms with E-state index in [0.29, 0.717) is 12.5 Å². The van der Waals surface area contributed by atoms with Crippen LogP contribution in [0, 0.1) is 11.8 Å². The third kappa shape index (κ3) is 3.10. The van der Waals surface area contributed by atoms with Gasteiger partial charge in [-0.25, -0.2) is 0 Å². The molecule has 3 heterocycles. The third-order valence-corrected chi connectivity index (χ3v) is 5.90. The highest BCUT2D eigenvalue weighted by Gasteiger charge is 2.58. The van der Waals surface area contributed by atoms with Crippen molar-refractivity contribution < 1.29 is 34.0 Å². The van der Waals surface area contributed by atoms with Gasteiger partial charge in [-0.1, -0.05) is 19.3 Å². The number of rotatable bonds is 3. The standard InChI is InChI=1S/C17H25NO7/c19-11-9-7-24-14-10(13(25-9)12(11)20)16(21)18-17(22)15(14)23-6-8-4-2-1-3-5-8/h8-15,19-20H,1-7H2,(H,18,21,22)/t9?,10?,11?,12?,13?,14-,15+/m1/s1. The van der Waals surface area contributed by atoms with Crippen LogP contribution in [-0.4, -0.2) is 71.9 Å². The van der Waals surface area contributed by atoms with Gasteiger partial charge < -0.3 is 24.4 Å². The summed E-state index contributed by atoms with van der Waals surface area (Å²) in [5, 5.41) is 22.5. The number of nitrogens with one attached hydrogen (secondary N) is 1. The van der Waals surface area contributed by atoms with Crippen LogP contribution in [0.2, 0.25) is 0 Å². The average molecular weight is 355 g/mol. The summed E-state index contributed by atoms with van der Waals surface area (Å²) in [7, 11) is 0. The number of amides is 2. The lowest BCUT2D eigenvalue weighted by Gasteiger charge is -2.39. The molecule has 1 aliphatic carbocycles. The van der Waals surface area contributed by atoms with Gasteiger partial charge in [0.15, 0.2) is 6.10 Å². The zero-order valence-corrected chi connectivity index (χ0v) is 14.0. The highest BCUT2D eigenvalue weighted by atomic mass is 16.6. The van der Waals surface area contributed by atoms with Crippen LogP contribution in [0.3, 0.4) is 0 Å². The lowest BCUT2D eigenvalue weighted by Crippen LogP contribution is -2.63. The van der Waals surface area contributed by atoms with Gasteiger partial charge in [0.2, 0.25) is 5.91 Å². The van der Waals surface area contributed by atoms with Crippen molar-refractivity contribution in [3.8, 4) is 0 Å². The van der Waals surface area contributed by atoms with Crippen LogP contribution in [0.25, 0.3) is 0 Å². The monoisotopic (exact) mass is 355 g/mol. The number of hydrogen-bond donors (Lipinski definition) is 3. The van der Waals surface area contributed by atoms with E-state index in [1.807, 2.05) is 0 Å². The molecule has 0 aromatic carbocycles. The number of imide groups is 1. The van der Waals surface area contributed by atoms with Crippen LogP contribution < -0.4 is 5.32 Å². The fraction of sp³-hybridized carbons (Fsp3) is 0.882. The molecular formula is C17H25NO7. The molecule has 140 valence electrons. The SMILES string of the molecule is O=C1NC(=O)[C@@H](OCC2CCCCC2)[C@@H]2OCC3OC(C(O)C3O)C12. The summed E-state index contributed by atoms with van der Waals surface area (Å²) < 4.78 is 17.3. The fourth-order valence-corrected chi connectivity index (χ4v) is 4.47. The Balaban J connectivity index is 1.50. The molecule has 8 nitrogen and oxygen atoms in total. The minimum absolute atomic E-state index is 0.0136. The second-order valence-corrected chi connectivity index (χ2v) is 7.56. The molecule has 3 N–H and O–H groups in total. The third-order valence-electron chi connectivity index (χ3n) is 5.90. The Kier molecular flexibility index (Phi) is 4.81. The zero-order valence-electron chi connectivity index (χ0n) is 14.0. The molecule has 0 radical (unpaired) electrons. The fourth-order valence-electron chi connectivity index (χ4n) is 4.47. The van der Waals surface area contributed by atoms with Gasteiger partial charge in [0, 0.05) is 0 Å². The topological polar surface area (TPSA) is 114 Å². The lowest BCUT2D eigenvalue weighted by molar-refractivity contribution is -0.174. The average Bonchev–Trinajstić information content (AvgIpc) is 2.78. The molecular weight excluding hydrogens is 330 g/mol. The highest BCUT2D eigenvalue weighted by molar-refractivity contribution is 6.02. The Labute approximate surface area is 145 Å². The van der Waals surface area contributed by atoms with Gasteiger partial charge in [0.1, 0.15) is 30.5 Å². The van der Waals surface area contributed by atoms with E-state index in [1.165, 1.54) is 19.3 Å². The quantitative estimate of drug-likeness (QED) is 0.563. The zero-order chi connectivity index (χ0) is 17.6. The maximum Gasteiger partial charge on any atom is 0.258 e. The van der Waals surface area contributed by atoms with E-state index >= 15 is 0 Å². The van der Waals surface area contributed by atoms with Crippen molar-refractivity contribution in [2.75, 3.05) is 13.2 Å². The van der Waals surface area contributed by atoms with Crippen molar-refractivity contribution >= 4 is 11.8 Å². The van der Waals surface area contributed by atoms with Crippen molar-refractivity contribution in [3.63, 3.8) is 0 Å². The van der Waals surface area contributed by atoms with E-state index in [0.717, 1.165) is 12.8 Å². The van der Waals surface area contributed by atoms with Crippen LogP contribution in [0.15, 0.2) is 0 Å². The van der Waals surface area contributed by atoms with E-state index < -0.39 is 54.4 Å². The predicted octanol–water partition coefficient (Wildman–Crippen LogP) is -0.887. The van der Waals surface area contributed by atoms with Gasteiger partial charge >= 0.3 is 0 Å². The van der Waals surface area contributed by atoms with Gasteiger partial charge in [0.25, 0.3) is 5.91 Å². The Morgan fingerprint density at radius 1 is 1.04 bits per heavy atom. The largest absolute Gasteiger partial charge is 0.388 e. The molecule has 2 amide bonds. The van der Waals surface area contributed by atoms with Crippen molar-refractivity contribution in [2.45, 2.75) is 68.7 Å². The normalized spacial score (nSPS) is 45.0. The van der Waals surface area contributed by atoms with Crippen molar-refractivity contribution in [3.05, 3.63) is 0 Å². The minimum atomic E-state index is -1.18. The molecule has 0 aromatic heterocycles. The van der Waals surface area contributed by atoms with Gasteiger partial charge in [-0.2, -0.15) is 0 Å². The molecule has 4 fully saturated rings. The first-order chi connectivity index (χ1) is 12.1. The van der Waals surface area contributed by atoms with Crippen molar-refractivity contribution in [2.24, 2.45) is 11.8 Å². The molecule has 8 heteroatoms. The summed E-state index contributed by atoms with van der Waals surface area (Å²) in [4.78, 5) is 24.6. The first kappa shape index (κ1) is 17.4. The van der Waals surface area contributed by atoms with Gasteiger partial charge in [-0.15, -0.1) is 0 Å². The maximum atomic E-state index is 12.3. The number of carbonyl (C=O) groups is 2. The van der Waals surface area contributed by atoms with Gasteiger partial charge in [-0.05, 0) is 18.8 Å². The number of aliphatic hydroxyl groups is 2. The Morgan fingerprint density at radius 2 is 1.80 bits per heavy atom. The van der Waals surface area contributed by atoms with E-state index in [9.17, 15) is 19.8 Å². The van der Waals surface area contributed by atoms with Crippen LogP contribution in [0.1, 0.15) is 32.1 Å². The molecule has 3 aliphatic heterocycles. The van der Waals surface area contributed by atoms with Crippen molar-refractivity contribution in [1.29, 1.82) is 0 Å². The van der Waals surface area contributed by atoms with E-state index in [4.69, 9.17) is 14.2 Å². The molecule has 1 saturated carbocycles. The highest BCUT2D eigenvalue weighted by Crippen LogP contribution is 2.37. The van der Waals surface area contributed by atoms with Crippen LogP contribution >= 0.6 is 0 Å². The second-order valence-electron chi connectivity index (χ2n) is 7.56. The molecule has 3 saturated heterocycles. The van der Waals surface area contributed by atoms with Gasteiger partial charge in [-0.3, -0.25) is 14.9 Å². The van der Waals surface area contributed by atoms with Crippen LogP contribution in [0.5, 0.6) is 0 Å². The maximum absolute atomic E-state index is 12.3. The van der Waals surface area contributed by atoms with E-state index in [1.54, 1.807) is 0 Å². The van der Waals surface area contributed by atoms with Gasteiger partial charge in [0.05, 0.1) is 19.1 Å². The first-order valence-electron chi connectivity index (χ1n) is 9.16. The number of ether oxygens (including phenoxy) is 3. The van der Waals surface area contributed by atoms with Crippen LogP contribution in [-0.2, 0) is 23.8 Å². The summed E-state index contributed by atoms with van der Waals surface area (Å²) in [5.41, 5.74) is 0. The molecule has 0 spiro atoms. The predicted molar refractivity (Wildman–Crippen MR) is 83.4 cm³/mol. The number of piperidine rings is 1. The summed E-state index contributed by atoms with van der Waals surface area (Å²) in [6, 6.07) is 0. The van der Waals surface area contributed by atoms with E-state index in [-0.39, 0.29) is 6.61 Å². The second kappa shape index (κ2) is 6.92. The molecule has 5 unspecified atom stereocenters. The Bertz CT molecular complexity index is 535. The molecule has 2 bridgehead atoms.